The molecule has 33 heavy (non-hydrogen) atoms. The van der Waals surface area contributed by atoms with Gasteiger partial charge in [0.05, 0.1) is 11.8 Å². The number of ether oxygens (including phenoxy) is 2. The normalized spacial score (nSPS) is 15.9. The van der Waals surface area contributed by atoms with Gasteiger partial charge >= 0.3 is 5.97 Å². The molecule has 2 aromatic rings. The molecular weight excluding hydrogens is 438 g/mol. The van der Waals surface area contributed by atoms with Crippen LogP contribution in [0.2, 0.25) is 0 Å². The van der Waals surface area contributed by atoms with Crippen LogP contribution in [0.5, 0.6) is 0 Å². The highest BCUT2D eigenvalue weighted by molar-refractivity contribution is 5.91. The summed E-state index contributed by atoms with van der Waals surface area (Å²) in [6.45, 7) is 8.75. The molecule has 1 fully saturated rings. The zero-order chi connectivity index (χ0) is 25.6. The first kappa shape index (κ1) is 28.9. The second-order valence-electron chi connectivity index (χ2n) is 6.51. The predicted molar refractivity (Wildman–Crippen MR) is 114 cm³/mol. The highest BCUT2D eigenvalue weighted by atomic mass is 16.6. The highest BCUT2D eigenvalue weighted by Gasteiger charge is 2.29. The molecule has 0 radical (unpaired) electrons. The molecule has 2 unspecified atom stereocenters. The van der Waals surface area contributed by atoms with Gasteiger partial charge in [-0.15, -0.1) is 0 Å². The Hall–Kier alpha value is -4.05. The topological polar surface area (TPSA) is 193 Å². The molecule has 0 bridgehead atoms. The molecule has 13 nitrogen and oxygen atoms in total. The van der Waals surface area contributed by atoms with E-state index < -0.39 is 11.9 Å². The number of carbonyl (C=O) groups is 4. The van der Waals surface area contributed by atoms with E-state index in [-0.39, 0.29) is 30.7 Å². The lowest BCUT2D eigenvalue weighted by Crippen LogP contribution is -2.17. The van der Waals surface area contributed by atoms with Gasteiger partial charge in [0, 0.05) is 34.3 Å². The van der Waals surface area contributed by atoms with Crippen LogP contribution in [0.4, 0.5) is 5.82 Å². The number of aliphatic carboxylic acids is 2. The Morgan fingerprint density at radius 1 is 1.15 bits per heavy atom. The van der Waals surface area contributed by atoms with Gasteiger partial charge in [-0.2, -0.15) is 5.10 Å². The molecule has 0 spiro atoms. The van der Waals surface area contributed by atoms with Gasteiger partial charge in [0.1, 0.15) is 24.6 Å². The largest absolute Gasteiger partial charge is 0.481 e. The van der Waals surface area contributed by atoms with E-state index in [0.29, 0.717) is 11.3 Å². The summed E-state index contributed by atoms with van der Waals surface area (Å²) in [7, 11) is 0. The van der Waals surface area contributed by atoms with Crippen molar-refractivity contribution >= 4 is 35.1 Å². The van der Waals surface area contributed by atoms with Crippen LogP contribution in [0.3, 0.4) is 0 Å². The van der Waals surface area contributed by atoms with Crippen molar-refractivity contribution in [1.82, 2.24) is 14.6 Å². The third kappa shape index (κ3) is 11.2. The smallest absolute Gasteiger partial charge is 0.302 e. The number of hydrogen-bond donors (Lipinski definition) is 3. The van der Waals surface area contributed by atoms with E-state index >= 15 is 0 Å². The number of nitrogens with one attached hydrogen (secondary N) is 1. The summed E-state index contributed by atoms with van der Waals surface area (Å²) in [6.07, 6.45) is 2.79. The van der Waals surface area contributed by atoms with Gasteiger partial charge in [-0.1, -0.05) is 0 Å². The molecule has 3 N–H and O–H groups in total. The molecule has 1 amide bonds. The lowest BCUT2D eigenvalue weighted by atomic mass is 10.1. The fourth-order valence-electron chi connectivity index (χ4n) is 2.72. The summed E-state index contributed by atoms with van der Waals surface area (Å²) >= 11 is 0. The van der Waals surface area contributed by atoms with Crippen LogP contribution in [0.1, 0.15) is 52.3 Å². The molecule has 180 valence electrons. The second-order valence-corrected chi connectivity index (χ2v) is 6.51. The molecule has 0 saturated carbocycles. The number of rotatable bonds is 4. The van der Waals surface area contributed by atoms with Crippen molar-refractivity contribution in [2.24, 2.45) is 0 Å². The SMILES string of the molecule is C#N.CC(=O)Nc1ncnn2c(C3CCC(COC(C)=O)O3)ccc12.CC(=O)O.CC(=O)O. The number of nitriles is 1. The maximum absolute atomic E-state index is 11.2. The van der Waals surface area contributed by atoms with Crippen LogP contribution in [0, 0.1) is 11.8 Å². The van der Waals surface area contributed by atoms with Crippen LogP contribution >= 0.6 is 0 Å². The lowest BCUT2D eigenvalue weighted by molar-refractivity contribution is -0.145. The number of anilines is 1. The Kier molecular flexibility index (Phi) is 13.0. The average molecular weight is 465 g/mol. The number of aromatic nitrogens is 3. The molecule has 1 aliphatic rings. The van der Waals surface area contributed by atoms with Crippen LogP contribution in [-0.4, -0.2) is 61.3 Å². The molecule has 2 atom stereocenters. The van der Waals surface area contributed by atoms with Gasteiger partial charge in [-0.05, 0) is 25.0 Å². The van der Waals surface area contributed by atoms with Crippen LogP contribution in [-0.2, 0) is 28.7 Å². The maximum Gasteiger partial charge on any atom is 0.302 e. The summed E-state index contributed by atoms with van der Waals surface area (Å²) in [5.41, 5.74) is 1.60. The zero-order valence-corrected chi connectivity index (χ0v) is 18.7. The zero-order valence-electron chi connectivity index (χ0n) is 18.7. The van der Waals surface area contributed by atoms with E-state index in [0.717, 1.165) is 32.4 Å². The number of nitrogens with zero attached hydrogens (tertiary/aromatic N) is 4. The van der Waals surface area contributed by atoms with E-state index in [2.05, 4.69) is 22.0 Å². The van der Waals surface area contributed by atoms with E-state index in [1.54, 1.807) is 4.52 Å². The van der Waals surface area contributed by atoms with Gasteiger partial charge in [-0.3, -0.25) is 19.2 Å². The quantitative estimate of drug-likeness (QED) is 0.557. The molecule has 3 heterocycles. The number of esters is 1. The lowest BCUT2D eigenvalue weighted by Gasteiger charge is -2.13. The Balaban J connectivity index is 0.000000877. The van der Waals surface area contributed by atoms with Gasteiger partial charge in [0.25, 0.3) is 11.9 Å². The number of carboxylic acids is 2. The van der Waals surface area contributed by atoms with E-state index in [1.807, 2.05) is 12.1 Å². The minimum absolute atomic E-state index is 0.105. The molecule has 2 aromatic heterocycles. The molecule has 0 aliphatic carbocycles. The van der Waals surface area contributed by atoms with Gasteiger partial charge in [0.15, 0.2) is 5.82 Å². The van der Waals surface area contributed by atoms with Crippen molar-refractivity contribution in [2.45, 2.75) is 52.7 Å². The van der Waals surface area contributed by atoms with E-state index in [4.69, 9.17) is 34.5 Å². The summed E-state index contributed by atoms with van der Waals surface area (Å²) in [5, 5.41) is 28.3. The number of carbonyl (C=O) groups excluding carboxylic acids is 2. The van der Waals surface area contributed by atoms with Crippen molar-refractivity contribution in [2.75, 3.05) is 11.9 Å². The number of carboxylic acid groups (broad SMARTS) is 2. The molecule has 3 rings (SSSR count). The van der Waals surface area contributed by atoms with Crippen LogP contribution in [0.15, 0.2) is 18.5 Å². The second kappa shape index (κ2) is 14.9. The van der Waals surface area contributed by atoms with Crippen molar-refractivity contribution < 1.29 is 38.9 Å². The molecule has 0 aromatic carbocycles. The van der Waals surface area contributed by atoms with Gasteiger partial charge in [-0.25, -0.2) is 14.8 Å². The van der Waals surface area contributed by atoms with E-state index in [1.165, 1.54) is 20.2 Å². The van der Waals surface area contributed by atoms with Crippen molar-refractivity contribution in [3.8, 4) is 6.57 Å². The average Bonchev–Trinajstić information content (AvgIpc) is 3.34. The van der Waals surface area contributed by atoms with Crippen molar-refractivity contribution in [1.29, 1.82) is 5.26 Å². The van der Waals surface area contributed by atoms with Gasteiger partial charge in [0.2, 0.25) is 5.91 Å². The first-order valence-electron chi connectivity index (χ1n) is 9.55. The number of fused-ring (bicyclic) bond motifs is 1. The molecular formula is C20H27N5O8. The molecule has 1 aliphatic heterocycles. The number of hydrogen-bond acceptors (Lipinski definition) is 9. The Bertz CT molecular complexity index is 952. The van der Waals surface area contributed by atoms with E-state index in [9.17, 15) is 9.59 Å². The van der Waals surface area contributed by atoms with Crippen molar-refractivity contribution in [3.63, 3.8) is 0 Å². The van der Waals surface area contributed by atoms with Crippen LogP contribution in [0.25, 0.3) is 5.52 Å². The summed E-state index contributed by atoms with van der Waals surface area (Å²) in [5.74, 6) is -1.70. The Morgan fingerprint density at radius 2 is 1.73 bits per heavy atom. The monoisotopic (exact) mass is 465 g/mol. The third-order valence-corrected chi connectivity index (χ3v) is 3.69. The fourth-order valence-corrected chi connectivity index (χ4v) is 2.72. The minimum atomic E-state index is -0.833. The third-order valence-electron chi connectivity index (χ3n) is 3.69. The number of amides is 1. The minimum Gasteiger partial charge on any atom is -0.481 e. The Morgan fingerprint density at radius 3 is 2.24 bits per heavy atom. The highest BCUT2D eigenvalue weighted by Crippen LogP contribution is 2.34. The molecule has 13 heteroatoms. The first-order valence-corrected chi connectivity index (χ1v) is 9.55. The molecule has 1 saturated heterocycles. The summed E-state index contributed by atoms with van der Waals surface area (Å²) in [4.78, 5) is 44.2. The standard InChI is InChI=1S/C15H18N4O4.2C2H4O2.CHN/c1-9(20)18-15-13-5-4-12(19(13)17-8-16-15)14-6-3-11(23-14)7-22-10(2)21;2*1-2(3)4;1-2/h4-5,8,11,14H,3,6-7H2,1-2H3,(H,16,17,18,20);2*1H3,(H,3,4);1H. The Labute approximate surface area is 189 Å². The predicted octanol–water partition coefficient (Wildman–Crippen LogP) is 1.79. The van der Waals surface area contributed by atoms with Crippen LogP contribution < -0.4 is 5.32 Å². The van der Waals surface area contributed by atoms with Crippen molar-refractivity contribution in [3.05, 3.63) is 24.2 Å². The summed E-state index contributed by atoms with van der Waals surface area (Å²) in [6, 6.07) is 3.76. The summed E-state index contributed by atoms with van der Waals surface area (Å²) < 4.78 is 12.7. The fraction of sp³-hybridized carbons (Fsp3) is 0.450. The first-order chi connectivity index (χ1) is 15.5. The van der Waals surface area contributed by atoms with Gasteiger partial charge < -0.3 is 25.0 Å². The maximum atomic E-state index is 11.2.